The molecule has 0 atom stereocenters. The van der Waals surface area contributed by atoms with E-state index in [0.29, 0.717) is 11.4 Å². The molecule has 7 nitrogen and oxygen atoms in total. The number of nitrogens with one attached hydrogen (secondary N) is 1. The van der Waals surface area contributed by atoms with E-state index in [1.54, 1.807) is 13.8 Å². The molecule has 9 heteroatoms. The highest BCUT2D eigenvalue weighted by Crippen LogP contribution is 2.25. The van der Waals surface area contributed by atoms with E-state index in [1.807, 2.05) is 0 Å². The van der Waals surface area contributed by atoms with Crippen LogP contribution in [-0.4, -0.2) is 25.7 Å². The Balaban J connectivity index is 2.13. The minimum Gasteiger partial charge on any atom is -0.396 e. The fraction of sp³-hybridized carbons (Fsp3) is 0.273. The van der Waals surface area contributed by atoms with Crippen molar-refractivity contribution in [3.8, 4) is 0 Å². The average Bonchev–Trinajstić information content (AvgIpc) is 2.63. The van der Waals surface area contributed by atoms with Gasteiger partial charge in [-0.2, -0.15) is 5.10 Å². The monoisotopic (exact) mass is 314 g/mol. The smallest absolute Gasteiger partial charge is 0.247 e. The first kappa shape index (κ1) is 14.5. The number of hydrogen-bond acceptors (Lipinski definition) is 5. The summed E-state index contributed by atoms with van der Waals surface area (Å²) in [7, 11) is 0. The summed E-state index contributed by atoms with van der Waals surface area (Å²) in [6, 6.07) is 0. The number of nitrogens with zero attached hydrogens (tertiary/aromatic N) is 4. The Morgan fingerprint density at radius 3 is 2.70 bits per heavy atom. The number of carbonyl (C=O) groups is 1. The number of halogens is 2. The van der Waals surface area contributed by atoms with Crippen molar-refractivity contribution in [3.05, 3.63) is 27.9 Å². The van der Waals surface area contributed by atoms with Crippen molar-refractivity contribution in [2.24, 2.45) is 0 Å². The number of carbonyl (C=O) groups excluding carboxylic acids is 1. The van der Waals surface area contributed by atoms with Gasteiger partial charge >= 0.3 is 0 Å². The van der Waals surface area contributed by atoms with Gasteiger partial charge < -0.3 is 11.1 Å². The van der Waals surface area contributed by atoms with E-state index in [1.165, 1.54) is 11.0 Å². The van der Waals surface area contributed by atoms with Gasteiger partial charge in [0, 0.05) is 0 Å². The predicted molar refractivity (Wildman–Crippen MR) is 76.8 cm³/mol. The van der Waals surface area contributed by atoms with Crippen LogP contribution in [0.25, 0.3) is 0 Å². The third kappa shape index (κ3) is 2.83. The molecule has 3 N–H and O–H groups in total. The highest BCUT2D eigenvalue weighted by atomic mass is 35.5. The van der Waals surface area contributed by atoms with Crippen LogP contribution in [0.3, 0.4) is 0 Å². The Labute approximate surface area is 125 Å². The predicted octanol–water partition coefficient (Wildman–Crippen LogP) is 1.82. The van der Waals surface area contributed by atoms with Crippen LogP contribution in [0.15, 0.2) is 6.33 Å². The van der Waals surface area contributed by atoms with E-state index in [4.69, 9.17) is 28.9 Å². The number of rotatable bonds is 3. The third-order valence-corrected chi connectivity index (χ3v) is 3.48. The molecule has 0 spiro atoms. The lowest BCUT2D eigenvalue weighted by atomic mass is 10.3. The molecule has 0 bridgehead atoms. The van der Waals surface area contributed by atoms with E-state index in [2.05, 4.69) is 20.4 Å². The van der Waals surface area contributed by atoms with Crippen LogP contribution in [-0.2, 0) is 11.3 Å². The number of aromatic nitrogens is 4. The lowest BCUT2D eigenvalue weighted by molar-refractivity contribution is -0.117. The molecular formula is C11H12Cl2N6O. The molecule has 106 valence electrons. The van der Waals surface area contributed by atoms with Crippen LogP contribution in [0, 0.1) is 13.8 Å². The number of hydrogen-bond donors (Lipinski definition) is 2. The summed E-state index contributed by atoms with van der Waals surface area (Å²) in [5.74, 6) is -0.182. The second-order valence-corrected chi connectivity index (χ2v) is 4.85. The topological polar surface area (TPSA) is 98.7 Å². The number of aryl methyl sites for hydroxylation is 1. The molecule has 0 saturated carbocycles. The zero-order chi connectivity index (χ0) is 14.9. The van der Waals surface area contributed by atoms with Crippen LogP contribution >= 0.6 is 23.2 Å². The Morgan fingerprint density at radius 1 is 1.40 bits per heavy atom. The number of nitrogen functional groups attached to an aromatic ring is 1. The molecular weight excluding hydrogens is 303 g/mol. The van der Waals surface area contributed by atoms with Gasteiger partial charge in [-0.15, -0.1) is 0 Å². The summed E-state index contributed by atoms with van der Waals surface area (Å²) in [6.07, 6.45) is 1.21. The molecule has 0 aliphatic rings. The summed E-state index contributed by atoms with van der Waals surface area (Å²) in [5, 5.41) is 6.89. The Hall–Kier alpha value is -1.86. The highest BCUT2D eigenvalue weighted by molar-refractivity contribution is 6.42. The van der Waals surface area contributed by atoms with Gasteiger partial charge in [-0.1, -0.05) is 23.2 Å². The number of anilines is 2. The first-order chi connectivity index (χ1) is 9.40. The molecule has 0 saturated heterocycles. The summed E-state index contributed by atoms with van der Waals surface area (Å²) >= 11 is 11.6. The van der Waals surface area contributed by atoms with Crippen molar-refractivity contribution in [2.45, 2.75) is 20.4 Å². The van der Waals surface area contributed by atoms with Gasteiger partial charge in [0.1, 0.15) is 17.9 Å². The second-order valence-electron chi connectivity index (χ2n) is 4.12. The van der Waals surface area contributed by atoms with Gasteiger partial charge in [0.2, 0.25) is 5.91 Å². The van der Waals surface area contributed by atoms with Crippen molar-refractivity contribution in [3.63, 3.8) is 0 Å². The molecule has 2 heterocycles. The molecule has 20 heavy (non-hydrogen) atoms. The fourth-order valence-electron chi connectivity index (χ4n) is 1.61. The molecule has 1 amide bonds. The summed E-state index contributed by atoms with van der Waals surface area (Å²) in [6.45, 7) is 3.57. The van der Waals surface area contributed by atoms with Crippen LogP contribution in [0.4, 0.5) is 11.5 Å². The first-order valence-corrected chi connectivity index (χ1v) is 6.41. The average molecular weight is 315 g/mol. The van der Waals surface area contributed by atoms with E-state index in [-0.39, 0.29) is 28.4 Å². The first-order valence-electron chi connectivity index (χ1n) is 5.65. The van der Waals surface area contributed by atoms with Crippen molar-refractivity contribution >= 4 is 40.6 Å². The van der Waals surface area contributed by atoms with Crippen molar-refractivity contribution in [2.75, 3.05) is 11.1 Å². The summed E-state index contributed by atoms with van der Waals surface area (Å²) in [4.78, 5) is 19.5. The lowest BCUT2D eigenvalue weighted by Gasteiger charge is -2.07. The maximum absolute atomic E-state index is 11.9. The number of amides is 1. The third-order valence-electron chi connectivity index (χ3n) is 2.74. The molecule has 0 unspecified atom stereocenters. The highest BCUT2D eigenvalue weighted by Gasteiger charge is 2.14. The molecule has 0 aliphatic carbocycles. The number of nitrogens with two attached hydrogens (primary N) is 1. The Bertz CT molecular complexity index is 669. The molecule has 0 fully saturated rings. The van der Waals surface area contributed by atoms with Crippen LogP contribution in [0.5, 0.6) is 0 Å². The molecule has 0 aliphatic heterocycles. The Kier molecular flexibility index (Phi) is 4.10. The molecule has 0 aromatic carbocycles. The van der Waals surface area contributed by atoms with Crippen LogP contribution in [0.2, 0.25) is 10.2 Å². The lowest BCUT2D eigenvalue weighted by Crippen LogP contribution is -2.21. The van der Waals surface area contributed by atoms with E-state index >= 15 is 0 Å². The van der Waals surface area contributed by atoms with Gasteiger partial charge in [0.15, 0.2) is 11.0 Å². The van der Waals surface area contributed by atoms with Crippen molar-refractivity contribution in [1.82, 2.24) is 19.7 Å². The zero-order valence-electron chi connectivity index (χ0n) is 10.8. The summed E-state index contributed by atoms with van der Waals surface area (Å²) in [5.41, 5.74) is 7.78. The fourth-order valence-corrected chi connectivity index (χ4v) is 1.89. The SMILES string of the molecule is Cc1nn(CC(=O)Nc2ncnc(Cl)c2Cl)c(C)c1N. The molecule has 2 aromatic rings. The second kappa shape index (κ2) is 5.64. The van der Waals surface area contributed by atoms with Crippen molar-refractivity contribution < 1.29 is 4.79 Å². The van der Waals surface area contributed by atoms with Gasteiger partial charge in [-0.05, 0) is 13.8 Å². The normalized spacial score (nSPS) is 10.6. The van der Waals surface area contributed by atoms with E-state index in [9.17, 15) is 4.79 Å². The maximum atomic E-state index is 11.9. The minimum absolute atomic E-state index is 0.00181. The van der Waals surface area contributed by atoms with Gasteiger partial charge in [0.25, 0.3) is 0 Å². The largest absolute Gasteiger partial charge is 0.396 e. The quantitative estimate of drug-likeness (QED) is 0.842. The molecule has 2 aromatic heterocycles. The van der Waals surface area contributed by atoms with Gasteiger partial charge in [-0.3, -0.25) is 9.48 Å². The molecule has 2 rings (SSSR count). The van der Waals surface area contributed by atoms with Crippen molar-refractivity contribution in [1.29, 1.82) is 0 Å². The zero-order valence-corrected chi connectivity index (χ0v) is 12.3. The standard InChI is InChI=1S/C11H12Cl2N6O/c1-5-9(14)6(2)19(18-5)3-7(20)17-11-8(12)10(13)15-4-16-11/h4H,3,14H2,1-2H3,(H,15,16,17,20). The van der Waals surface area contributed by atoms with Gasteiger partial charge in [0.05, 0.1) is 17.1 Å². The van der Waals surface area contributed by atoms with E-state index in [0.717, 1.165) is 5.69 Å². The minimum atomic E-state index is -0.340. The van der Waals surface area contributed by atoms with E-state index < -0.39 is 0 Å². The Morgan fingerprint density at radius 2 is 2.10 bits per heavy atom. The molecule has 0 radical (unpaired) electrons. The van der Waals surface area contributed by atoms with Crippen LogP contribution in [0.1, 0.15) is 11.4 Å². The summed E-state index contributed by atoms with van der Waals surface area (Å²) < 4.78 is 1.51. The maximum Gasteiger partial charge on any atom is 0.247 e. The van der Waals surface area contributed by atoms with Crippen LogP contribution < -0.4 is 11.1 Å². The van der Waals surface area contributed by atoms with Gasteiger partial charge in [-0.25, -0.2) is 9.97 Å².